The summed E-state index contributed by atoms with van der Waals surface area (Å²) >= 11 is 0. The van der Waals surface area contributed by atoms with Crippen molar-refractivity contribution in [2.75, 3.05) is 0 Å². The molecule has 194 valence electrons. The van der Waals surface area contributed by atoms with Gasteiger partial charge in [-0.2, -0.15) is 22.0 Å². The number of alkyl halides is 5. The van der Waals surface area contributed by atoms with E-state index in [1.54, 1.807) is 12.1 Å². The van der Waals surface area contributed by atoms with E-state index in [1.165, 1.54) is 6.92 Å². The molecule has 1 unspecified atom stereocenters. The van der Waals surface area contributed by atoms with Gasteiger partial charge in [0.25, 0.3) is 0 Å². The normalized spacial score (nSPS) is 34.6. The predicted molar refractivity (Wildman–Crippen MR) is 123 cm³/mol. The van der Waals surface area contributed by atoms with Gasteiger partial charge < -0.3 is 5.11 Å². The SMILES string of the molecule is CC(=O)c1ccc([C@H]2C[C@]3(C)CCC[C@H]3[C@@H]3CCC4=CC(=O)C(O)(C(F)(F)C(F)(F)F)CC4=C32)cc1. The fourth-order valence-corrected chi connectivity index (χ4v) is 7.43. The van der Waals surface area contributed by atoms with E-state index in [-0.39, 0.29) is 34.5 Å². The van der Waals surface area contributed by atoms with Gasteiger partial charge in [0, 0.05) is 17.9 Å². The Bertz CT molecular complexity index is 1180. The van der Waals surface area contributed by atoms with Crippen LogP contribution in [0.3, 0.4) is 0 Å². The molecule has 1 aromatic rings. The molecule has 0 amide bonds. The van der Waals surface area contributed by atoms with Crippen molar-refractivity contribution >= 4 is 11.6 Å². The summed E-state index contributed by atoms with van der Waals surface area (Å²) in [6.45, 7) is 3.69. The number of hydrogen-bond acceptors (Lipinski definition) is 3. The molecule has 0 radical (unpaired) electrons. The quantitative estimate of drug-likeness (QED) is 0.364. The molecule has 8 heteroatoms. The molecule has 0 aliphatic heterocycles. The molecule has 36 heavy (non-hydrogen) atoms. The van der Waals surface area contributed by atoms with E-state index >= 15 is 0 Å². The third-order valence-corrected chi connectivity index (χ3v) is 9.29. The number of ketones is 2. The first-order valence-corrected chi connectivity index (χ1v) is 12.5. The van der Waals surface area contributed by atoms with E-state index in [2.05, 4.69) is 6.92 Å². The Morgan fingerprint density at radius 2 is 1.75 bits per heavy atom. The zero-order chi connectivity index (χ0) is 26.3. The van der Waals surface area contributed by atoms with Gasteiger partial charge in [-0.15, -0.1) is 0 Å². The third-order valence-electron chi connectivity index (χ3n) is 9.29. The Morgan fingerprint density at radius 1 is 1.08 bits per heavy atom. The molecule has 2 saturated carbocycles. The standard InChI is InChI=1S/C28H29F5O3/c1-15(34)16-5-7-17(8-6-16)20-13-25(2)11-3-4-22(25)19-10-9-18-12-23(35)26(36,14-21(18)24(19)20)27(29,30)28(31,32)33/h5-8,12,19-20,22,36H,3-4,9-11,13-14H2,1-2H3/t19-,20+,22-,25-,26?/m0/s1. The van der Waals surface area contributed by atoms with E-state index < -0.39 is 29.9 Å². The molecule has 1 N–H and O–H groups in total. The first kappa shape index (κ1) is 25.3. The first-order chi connectivity index (χ1) is 16.7. The Labute approximate surface area is 206 Å². The molecule has 0 heterocycles. The number of Topliss-reactive ketones (excluding diaryl/α,β-unsaturated/α-hetero) is 1. The summed E-state index contributed by atoms with van der Waals surface area (Å²) in [4.78, 5) is 24.3. The van der Waals surface area contributed by atoms with Crippen molar-refractivity contribution in [2.24, 2.45) is 17.3 Å². The lowest BCUT2D eigenvalue weighted by Gasteiger charge is -2.52. The molecule has 0 saturated heterocycles. The highest BCUT2D eigenvalue weighted by atomic mass is 19.4. The maximum Gasteiger partial charge on any atom is 0.456 e. The zero-order valence-electron chi connectivity index (χ0n) is 20.2. The van der Waals surface area contributed by atoms with Gasteiger partial charge in [0.05, 0.1) is 0 Å². The molecule has 0 aromatic heterocycles. The van der Waals surface area contributed by atoms with Crippen LogP contribution < -0.4 is 0 Å². The lowest BCUT2D eigenvalue weighted by molar-refractivity contribution is -0.332. The highest BCUT2D eigenvalue weighted by Crippen LogP contribution is 2.64. The van der Waals surface area contributed by atoms with Crippen molar-refractivity contribution < 1.29 is 36.6 Å². The van der Waals surface area contributed by atoms with Crippen LogP contribution in [0, 0.1) is 17.3 Å². The average molecular weight is 509 g/mol. The second-order valence-corrected chi connectivity index (χ2v) is 11.3. The number of carbonyl (C=O) groups excluding carboxylic acids is 2. The Hall–Kier alpha value is -2.35. The van der Waals surface area contributed by atoms with Crippen LogP contribution in [-0.2, 0) is 4.79 Å². The zero-order valence-corrected chi connectivity index (χ0v) is 20.2. The fraction of sp³-hybridized carbons (Fsp3) is 0.571. The second-order valence-electron chi connectivity index (χ2n) is 11.3. The molecular weight excluding hydrogens is 479 g/mol. The molecule has 4 aliphatic rings. The van der Waals surface area contributed by atoms with Crippen LogP contribution in [0.4, 0.5) is 22.0 Å². The van der Waals surface area contributed by atoms with Gasteiger partial charge in [-0.3, -0.25) is 9.59 Å². The van der Waals surface area contributed by atoms with Crippen LogP contribution in [0.1, 0.15) is 80.6 Å². The Morgan fingerprint density at radius 3 is 2.36 bits per heavy atom. The minimum absolute atomic E-state index is 0.00342. The molecule has 5 atom stereocenters. The number of hydrogen-bond donors (Lipinski definition) is 1. The summed E-state index contributed by atoms with van der Waals surface area (Å²) in [6, 6.07) is 7.07. The molecule has 4 aliphatic carbocycles. The highest BCUT2D eigenvalue weighted by molar-refractivity contribution is 6.01. The van der Waals surface area contributed by atoms with Crippen LogP contribution in [0.25, 0.3) is 0 Å². The van der Waals surface area contributed by atoms with Crippen molar-refractivity contribution in [1.82, 2.24) is 0 Å². The van der Waals surface area contributed by atoms with Crippen LogP contribution in [-0.4, -0.2) is 34.4 Å². The summed E-state index contributed by atoms with van der Waals surface area (Å²) in [7, 11) is 0. The second kappa shape index (κ2) is 8.07. The summed E-state index contributed by atoms with van der Waals surface area (Å²) in [5.74, 6) is -7.29. The van der Waals surface area contributed by atoms with Crippen molar-refractivity contribution in [3.63, 3.8) is 0 Å². The largest absolute Gasteiger partial charge is 0.456 e. The van der Waals surface area contributed by atoms with Crippen LogP contribution in [0.15, 0.2) is 47.1 Å². The van der Waals surface area contributed by atoms with Crippen LogP contribution in [0.5, 0.6) is 0 Å². The lowest BCUT2D eigenvalue weighted by Crippen LogP contribution is -2.62. The average Bonchev–Trinajstić information content (AvgIpc) is 3.20. The van der Waals surface area contributed by atoms with Crippen molar-refractivity contribution in [3.8, 4) is 0 Å². The van der Waals surface area contributed by atoms with E-state index in [1.807, 2.05) is 12.1 Å². The molecule has 0 spiro atoms. The lowest BCUT2D eigenvalue weighted by atomic mass is 9.53. The monoisotopic (exact) mass is 508 g/mol. The maximum absolute atomic E-state index is 14.6. The van der Waals surface area contributed by atoms with Crippen molar-refractivity contribution in [2.45, 2.75) is 82.4 Å². The number of fused-ring (bicyclic) bond motifs is 4. The molecule has 2 fully saturated rings. The fourth-order valence-electron chi connectivity index (χ4n) is 7.43. The summed E-state index contributed by atoms with van der Waals surface area (Å²) in [5.41, 5.74) is -0.956. The number of rotatable bonds is 3. The number of aliphatic hydroxyl groups is 1. The third kappa shape index (κ3) is 3.54. The minimum atomic E-state index is -6.07. The van der Waals surface area contributed by atoms with E-state index in [0.717, 1.165) is 36.5 Å². The first-order valence-electron chi connectivity index (χ1n) is 12.5. The van der Waals surface area contributed by atoms with Gasteiger partial charge in [-0.1, -0.05) is 43.2 Å². The number of carbonyl (C=O) groups is 2. The van der Waals surface area contributed by atoms with Gasteiger partial charge in [0.15, 0.2) is 11.6 Å². The molecule has 1 aromatic carbocycles. The van der Waals surface area contributed by atoms with Crippen LogP contribution in [0.2, 0.25) is 0 Å². The van der Waals surface area contributed by atoms with E-state index in [0.29, 0.717) is 30.4 Å². The number of halogens is 5. The maximum atomic E-state index is 14.6. The number of allylic oxidation sites excluding steroid dienone is 2. The van der Waals surface area contributed by atoms with Gasteiger partial charge >= 0.3 is 12.1 Å². The highest BCUT2D eigenvalue weighted by Gasteiger charge is 2.73. The molecule has 5 rings (SSSR count). The molecule has 3 nitrogen and oxygen atoms in total. The predicted octanol–water partition coefficient (Wildman–Crippen LogP) is 6.72. The Balaban J connectivity index is 1.69. The summed E-state index contributed by atoms with van der Waals surface area (Å²) in [5, 5.41) is 10.7. The van der Waals surface area contributed by atoms with Gasteiger partial charge in [-0.05, 0) is 79.1 Å². The molecular formula is C28H29F5O3. The van der Waals surface area contributed by atoms with Crippen LogP contribution >= 0.6 is 0 Å². The van der Waals surface area contributed by atoms with Gasteiger partial charge in [0.1, 0.15) is 0 Å². The van der Waals surface area contributed by atoms with Gasteiger partial charge in [0.2, 0.25) is 5.60 Å². The minimum Gasteiger partial charge on any atom is -0.376 e. The van der Waals surface area contributed by atoms with E-state index in [9.17, 15) is 36.6 Å². The van der Waals surface area contributed by atoms with Crippen molar-refractivity contribution in [1.29, 1.82) is 0 Å². The topological polar surface area (TPSA) is 54.4 Å². The number of benzene rings is 1. The van der Waals surface area contributed by atoms with E-state index in [4.69, 9.17) is 0 Å². The Kier molecular flexibility index (Phi) is 5.67. The molecule has 0 bridgehead atoms. The smallest absolute Gasteiger partial charge is 0.376 e. The van der Waals surface area contributed by atoms with Gasteiger partial charge in [-0.25, -0.2) is 0 Å². The summed E-state index contributed by atoms with van der Waals surface area (Å²) < 4.78 is 69.2. The van der Waals surface area contributed by atoms with Crippen molar-refractivity contribution in [3.05, 3.63) is 58.2 Å². The summed E-state index contributed by atoms with van der Waals surface area (Å²) in [6.07, 6.45) is -1.53.